The fourth-order valence-electron chi connectivity index (χ4n) is 3.63. The average Bonchev–Trinajstić information content (AvgIpc) is 2.92. The van der Waals surface area contributed by atoms with E-state index in [1.807, 2.05) is 36.4 Å². The number of amides is 3. The number of urea groups is 1. The van der Waals surface area contributed by atoms with E-state index in [4.69, 9.17) is 9.47 Å². The second-order valence-electron chi connectivity index (χ2n) is 7.09. The predicted molar refractivity (Wildman–Crippen MR) is 100 cm³/mol. The molecule has 2 aliphatic rings. The molecule has 2 aromatic rings. The van der Waals surface area contributed by atoms with Gasteiger partial charge in [0, 0.05) is 13.1 Å². The van der Waals surface area contributed by atoms with Crippen molar-refractivity contribution in [3.05, 3.63) is 42.0 Å². The van der Waals surface area contributed by atoms with Crippen molar-refractivity contribution in [2.75, 3.05) is 40.1 Å². The third-order valence-electron chi connectivity index (χ3n) is 5.34. The number of rotatable bonds is 4. The molecule has 0 radical (unpaired) electrons. The van der Waals surface area contributed by atoms with Crippen LogP contribution in [0.3, 0.4) is 0 Å². The van der Waals surface area contributed by atoms with Gasteiger partial charge in [0.05, 0.1) is 27.0 Å². The third-order valence-corrected chi connectivity index (χ3v) is 5.34. The van der Waals surface area contributed by atoms with Gasteiger partial charge in [-0.25, -0.2) is 9.69 Å². The molecule has 142 valence electrons. The molecule has 2 heterocycles. The van der Waals surface area contributed by atoms with E-state index in [0.29, 0.717) is 26.3 Å². The maximum Gasteiger partial charge on any atom is 0.326 e. The molecule has 2 saturated heterocycles. The third kappa shape index (κ3) is 3.13. The predicted octanol–water partition coefficient (Wildman–Crippen LogP) is 1.91. The van der Waals surface area contributed by atoms with E-state index in [9.17, 15) is 9.59 Å². The van der Waals surface area contributed by atoms with E-state index in [-0.39, 0.29) is 18.6 Å². The highest BCUT2D eigenvalue weighted by molar-refractivity contribution is 6.07. The highest BCUT2D eigenvalue weighted by Gasteiger charge is 2.49. The molecule has 7 nitrogen and oxygen atoms in total. The van der Waals surface area contributed by atoms with Crippen molar-refractivity contribution in [3.63, 3.8) is 0 Å². The molecule has 7 heteroatoms. The summed E-state index contributed by atoms with van der Waals surface area (Å²) in [6, 6.07) is 11.2. The van der Waals surface area contributed by atoms with Gasteiger partial charge in [0.25, 0.3) is 5.91 Å². The summed E-state index contributed by atoms with van der Waals surface area (Å²) < 4.78 is 10.6. The van der Waals surface area contributed by atoms with Gasteiger partial charge in [-0.3, -0.25) is 9.69 Å². The maximum absolute atomic E-state index is 13.1. The van der Waals surface area contributed by atoms with E-state index >= 15 is 0 Å². The first-order chi connectivity index (χ1) is 13.0. The van der Waals surface area contributed by atoms with Crippen LogP contribution in [0.1, 0.15) is 12.5 Å². The molecule has 0 unspecified atom stereocenters. The molecular formula is C20H23N3O4. The van der Waals surface area contributed by atoms with E-state index in [1.54, 1.807) is 14.0 Å². The lowest BCUT2D eigenvalue weighted by Gasteiger charge is -2.30. The van der Waals surface area contributed by atoms with Crippen molar-refractivity contribution >= 4 is 22.7 Å². The number of nitrogens with zero attached hydrogens (tertiary/aromatic N) is 2. The van der Waals surface area contributed by atoms with Crippen molar-refractivity contribution in [1.29, 1.82) is 0 Å². The number of carbonyl (C=O) groups excluding carboxylic acids is 2. The Morgan fingerprint density at radius 2 is 1.81 bits per heavy atom. The van der Waals surface area contributed by atoms with Crippen LogP contribution in [0.25, 0.3) is 10.8 Å². The van der Waals surface area contributed by atoms with Crippen LogP contribution in [-0.4, -0.2) is 61.8 Å². The van der Waals surface area contributed by atoms with Gasteiger partial charge in [0.1, 0.15) is 11.3 Å². The zero-order valence-electron chi connectivity index (χ0n) is 15.5. The average molecular weight is 369 g/mol. The second-order valence-corrected chi connectivity index (χ2v) is 7.09. The van der Waals surface area contributed by atoms with Crippen LogP contribution in [0.15, 0.2) is 36.4 Å². The van der Waals surface area contributed by atoms with E-state index in [1.165, 1.54) is 4.90 Å². The molecule has 0 aromatic heterocycles. The van der Waals surface area contributed by atoms with Gasteiger partial charge < -0.3 is 14.8 Å². The Balaban J connectivity index is 1.61. The van der Waals surface area contributed by atoms with Crippen molar-refractivity contribution in [2.45, 2.75) is 12.5 Å². The summed E-state index contributed by atoms with van der Waals surface area (Å²) in [7, 11) is 1.63. The molecule has 0 spiro atoms. The Morgan fingerprint density at radius 1 is 1.11 bits per heavy atom. The van der Waals surface area contributed by atoms with Crippen LogP contribution in [0.5, 0.6) is 5.75 Å². The molecule has 27 heavy (non-hydrogen) atoms. The van der Waals surface area contributed by atoms with Crippen LogP contribution in [-0.2, 0) is 15.1 Å². The minimum absolute atomic E-state index is 0.230. The molecule has 1 atom stereocenters. The molecule has 4 rings (SSSR count). The summed E-state index contributed by atoms with van der Waals surface area (Å²) in [6.07, 6.45) is 0. The first kappa shape index (κ1) is 17.8. The van der Waals surface area contributed by atoms with Crippen LogP contribution in [0.4, 0.5) is 4.79 Å². The van der Waals surface area contributed by atoms with Crippen LogP contribution in [0.2, 0.25) is 0 Å². The van der Waals surface area contributed by atoms with Crippen LogP contribution < -0.4 is 10.1 Å². The highest BCUT2D eigenvalue weighted by atomic mass is 16.5. The number of ether oxygens (including phenoxy) is 2. The summed E-state index contributed by atoms with van der Waals surface area (Å²) in [5.74, 6) is 0.551. The van der Waals surface area contributed by atoms with Crippen molar-refractivity contribution in [1.82, 2.24) is 15.1 Å². The molecule has 0 saturated carbocycles. The van der Waals surface area contributed by atoms with Gasteiger partial charge in [-0.15, -0.1) is 0 Å². The van der Waals surface area contributed by atoms with Crippen LogP contribution in [0, 0.1) is 0 Å². The maximum atomic E-state index is 13.1. The molecule has 3 amide bonds. The number of hydrogen-bond acceptors (Lipinski definition) is 5. The monoisotopic (exact) mass is 369 g/mol. The van der Waals surface area contributed by atoms with Gasteiger partial charge in [-0.2, -0.15) is 0 Å². The number of methoxy groups -OCH3 is 1. The first-order valence-corrected chi connectivity index (χ1v) is 9.04. The fourth-order valence-corrected chi connectivity index (χ4v) is 3.63. The first-order valence-electron chi connectivity index (χ1n) is 9.04. The Morgan fingerprint density at radius 3 is 2.56 bits per heavy atom. The Hall–Kier alpha value is -2.64. The number of benzene rings is 2. The zero-order valence-corrected chi connectivity index (χ0v) is 15.5. The number of morpholine rings is 1. The number of imide groups is 1. The van der Waals surface area contributed by atoms with E-state index < -0.39 is 5.54 Å². The minimum Gasteiger partial charge on any atom is -0.497 e. The molecular weight excluding hydrogens is 346 g/mol. The zero-order chi connectivity index (χ0) is 19.0. The van der Waals surface area contributed by atoms with Gasteiger partial charge in [0.2, 0.25) is 0 Å². The summed E-state index contributed by atoms with van der Waals surface area (Å²) in [6.45, 7) is 4.72. The fraction of sp³-hybridized carbons (Fsp3) is 0.400. The van der Waals surface area contributed by atoms with Gasteiger partial charge in [0.15, 0.2) is 0 Å². The number of carbonyl (C=O) groups is 2. The lowest BCUT2D eigenvalue weighted by atomic mass is 9.90. The number of nitrogens with one attached hydrogen (secondary N) is 1. The molecule has 2 fully saturated rings. The molecule has 0 bridgehead atoms. The summed E-state index contributed by atoms with van der Waals surface area (Å²) in [5, 5.41) is 4.88. The van der Waals surface area contributed by atoms with Gasteiger partial charge in [-0.1, -0.05) is 18.2 Å². The van der Waals surface area contributed by atoms with Crippen LogP contribution >= 0.6 is 0 Å². The highest BCUT2D eigenvalue weighted by Crippen LogP contribution is 2.32. The lowest BCUT2D eigenvalue weighted by molar-refractivity contribution is -0.133. The smallest absolute Gasteiger partial charge is 0.326 e. The molecule has 2 aliphatic heterocycles. The SMILES string of the molecule is COc1ccc2cc([C@]3(C)NC(=O)N(CN4CCOCC4)C3=O)ccc2c1. The lowest BCUT2D eigenvalue weighted by Crippen LogP contribution is -2.47. The normalized spacial score (nSPS) is 23.7. The number of fused-ring (bicyclic) bond motifs is 1. The Bertz CT molecular complexity index is 894. The van der Waals surface area contributed by atoms with Gasteiger partial charge in [-0.05, 0) is 41.5 Å². The topological polar surface area (TPSA) is 71.1 Å². The molecule has 1 N–H and O–H groups in total. The molecule has 0 aliphatic carbocycles. The number of hydrogen-bond donors (Lipinski definition) is 1. The Labute approximate surface area is 157 Å². The summed E-state index contributed by atoms with van der Waals surface area (Å²) >= 11 is 0. The molecule has 2 aromatic carbocycles. The quantitative estimate of drug-likeness (QED) is 0.834. The largest absolute Gasteiger partial charge is 0.497 e. The van der Waals surface area contributed by atoms with Crippen molar-refractivity contribution in [3.8, 4) is 5.75 Å². The summed E-state index contributed by atoms with van der Waals surface area (Å²) in [5.41, 5.74) is -0.305. The van der Waals surface area contributed by atoms with Gasteiger partial charge >= 0.3 is 6.03 Å². The second kappa shape index (κ2) is 6.83. The van der Waals surface area contributed by atoms with E-state index in [0.717, 1.165) is 22.1 Å². The van der Waals surface area contributed by atoms with E-state index in [2.05, 4.69) is 10.2 Å². The standard InChI is InChI=1S/C20H23N3O4/c1-20(16-5-3-15-12-17(26-2)6-4-14(15)11-16)18(24)23(19(25)21-20)13-22-7-9-27-10-8-22/h3-6,11-12H,7-10,13H2,1-2H3,(H,21,25)/t20-/m0/s1. The Kier molecular flexibility index (Phi) is 4.49. The minimum atomic E-state index is -1.07. The van der Waals surface area contributed by atoms with Crippen molar-refractivity contribution < 1.29 is 19.1 Å². The van der Waals surface area contributed by atoms with Crippen molar-refractivity contribution in [2.24, 2.45) is 0 Å². The summed E-state index contributed by atoms with van der Waals surface area (Å²) in [4.78, 5) is 29.0.